The van der Waals surface area contributed by atoms with E-state index < -0.39 is 5.82 Å². The number of benzene rings is 3. The Labute approximate surface area is 181 Å². The van der Waals surface area contributed by atoms with Crippen molar-refractivity contribution in [3.63, 3.8) is 0 Å². The lowest BCUT2D eigenvalue weighted by Crippen LogP contribution is -2.25. The molecule has 0 aromatic heterocycles. The zero-order chi connectivity index (χ0) is 21.8. The molecule has 3 nitrogen and oxygen atoms in total. The Kier molecular flexibility index (Phi) is 6.40. The summed E-state index contributed by atoms with van der Waals surface area (Å²) in [5.41, 5.74) is 2.54. The maximum atomic E-state index is 14.9. The van der Waals surface area contributed by atoms with Gasteiger partial charge in [-0.3, -0.25) is 0 Å². The third kappa shape index (κ3) is 4.66. The summed E-state index contributed by atoms with van der Waals surface area (Å²) in [4.78, 5) is 0. The average molecular weight is 424 g/mol. The molecule has 3 aromatic carbocycles. The minimum absolute atomic E-state index is 0.111. The number of rotatable bonds is 7. The molecule has 162 valence electrons. The first-order chi connectivity index (χ1) is 15.1. The molecule has 1 N–H and O–H groups in total. The highest BCUT2D eigenvalue weighted by Crippen LogP contribution is 2.47. The van der Waals surface area contributed by atoms with Crippen molar-refractivity contribution in [3.05, 3.63) is 89.0 Å². The van der Waals surface area contributed by atoms with Gasteiger partial charge >= 0.3 is 0 Å². The van der Waals surface area contributed by atoms with Gasteiger partial charge in [-0.1, -0.05) is 44.0 Å². The van der Waals surface area contributed by atoms with Crippen molar-refractivity contribution in [1.82, 2.24) is 0 Å². The lowest BCUT2D eigenvalue weighted by molar-refractivity contribution is 0.247. The van der Waals surface area contributed by atoms with Gasteiger partial charge < -0.3 is 14.6 Å². The summed E-state index contributed by atoms with van der Waals surface area (Å²) in [6.07, 6.45) is 3.01. The Morgan fingerprint density at radius 1 is 0.968 bits per heavy atom. The smallest absolute Gasteiger partial charge is 0.165 e. The zero-order valence-electron chi connectivity index (χ0n) is 17.5. The number of halogens is 2. The lowest BCUT2D eigenvalue weighted by atomic mass is 9.76. The molecule has 1 unspecified atom stereocenters. The fourth-order valence-corrected chi connectivity index (χ4v) is 4.17. The summed E-state index contributed by atoms with van der Waals surface area (Å²) >= 11 is 0. The molecule has 0 fully saturated rings. The number of fused-ring (bicyclic) bond motifs is 1. The normalized spacial score (nSPS) is 17.6. The molecule has 0 saturated carbocycles. The third-order valence-corrected chi connectivity index (χ3v) is 5.77. The molecule has 5 heteroatoms. The molecular weight excluding hydrogens is 398 g/mol. The van der Waals surface area contributed by atoms with Crippen molar-refractivity contribution in [1.29, 1.82) is 0 Å². The maximum absolute atomic E-state index is 14.9. The van der Waals surface area contributed by atoms with Crippen LogP contribution in [0.15, 0.2) is 60.7 Å². The number of hydrogen-bond donors (Lipinski definition) is 1. The Morgan fingerprint density at radius 2 is 1.74 bits per heavy atom. The Bertz CT molecular complexity index is 1030. The fourth-order valence-electron chi connectivity index (χ4n) is 4.17. The molecule has 31 heavy (non-hydrogen) atoms. The van der Waals surface area contributed by atoms with Crippen molar-refractivity contribution in [3.8, 4) is 17.2 Å². The van der Waals surface area contributed by atoms with Gasteiger partial charge in [0, 0.05) is 23.5 Å². The van der Waals surface area contributed by atoms with E-state index in [0.29, 0.717) is 19.0 Å². The van der Waals surface area contributed by atoms with Crippen molar-refractivity contribution < 1.29 is 23.4 Å². The van der Waals surface area contributed by atoms with Crippen LogP contribution >= 0.6 is 0 Å². The molecule has 2 atom stereocenters. The lowest BCUT2D eigenvalue weighted by Gasteiger charge is -2.34. The Hall–Kier alpha value is -3.08. The highest BCUT2D eigenvalue weighted by atomic mass is 19.1. The third-order valence-electron chi connectivity index (χ3n) is 5.77. The quantitative estimate of drug-likeness (QED) is 0.437. The van der Waals surface area contributed by atoms with Crippen molar-refractivity contribution >= 4 is 0 Å². The summed E-state index contributed by atoms with van der Waals surface area (Å²) < 4.78 is 39.9. The average Bonchev–Trinajstić information content (AvgIpc) is 2.77. The van der Waals surface area contributed by atoms with Crippen LogP contribution in [0, 0.1) is 11.6 Å². The molecule has 1 heterocycles. The molecule has 0 amide bonds. The van der Waals surface area contributed by atoms with Gasteiger partial charge in [0.15, 0.2) is 11.6 Å². The summed E-state index contributed by atoms with van der Waals surface area (Å²) in [6, 6.07) is 16.4. The van der Waals surface area contributed by atoms with Crippen molar-refractivity contribution in [2.24, 2.45) is 0 Å². The first kappa shape index (κ1) is 21.2. The van der Waals surface area contributed by atoms with Crippen LogP contribution in [0.2, 0.25) is 0 Å². The summed E-state index contributed by atoms with van der Waals surface area (Å²) in [5, 5.41) is 9.86. The zero-order valence-corrected chi connectivity index (χ0v) is 17.5. The Morgan fingerprint density at radius 3 is 2.48 bits per heavy atom. The summed E-state index contributed by atoms with van der Waals surface area (Å²) in [5.74, 6) is -0.122. The van der Waals surface area contributed by atoms with Crippen LogP contribution in [0.25, 0.3) is 0 Å². The molecule has 0 aliphatic carbocycles. The second kappa shape index (κ2) is 9.38. The van der Waals surface area contributed by atoms with E-state index in [0.717, 1.165) is 36.0 Å². The van der Waals surface area contributed by atoms with Crippen LogP contribution in [0.1, 0.15) is 54.7 Å². The van der Waals surface area contributed by atoms with Gasteiger partial charge in [0.2, 0.25) is 0 Å². The first-order valence-electron chi connectivity index (χ1n) is 10.7. The van der Waals surface area contributed by atoms with Gasteiger partial charge in [-0.15, -0.1) is 0 Å². The molecule has 4 rings (SSSR count). The predicted octanol–water partition coefficient (Wildman–Crippen LogP) is 6.55. The van der Waals surface area contributed by atoms with Gasteiger partial charge in [0.25, 0.3) is 0 Å². The van der Waals surface area contributed by atoms with Gasteiger partial charge in [-0.25, -0.2) is 8.78 Å². The molecule has 0 bridgehead atoms. The monoisotopic (exact) mass is 424 g/mol. The molecule has 3 aromatic rings. The molecular formula is C26H26F2O3. The fraction of sp³-hybridized carbons (Fsp3) is 0.308. The molecule has 0 spiro atoms. The number of phenolic OH excluding ortho intramolecular Hbond substituents is 1. The van der Waals surface area contributed by atoms with Crippen LogP contribution in [-0.2, 0) is 0 Å². The number of phenols is 1. The van der Waals surface area contributed by atoms with Crippen molar-refractivity contribution in [2.45, 2.75) is 38.0 Å². The second-order valence-corrected chi connectivity index (χ2v) is 7.91. The van der Waals surface area contributed by atoms with E-state index in [4.69, 9.17) is 9.47 Å². The van der Waals surface area contributed by atoms with E-state index in [-0.39, 0.29) is 29.2 Å². The van der Waals surface area contributed by atoms with E-state index in [2.05, 4.69) is 6.92 Å². The molecule has 1 aliphatic rings. The number of aromatic hydroxyl groups is 1. The first-order valence-corrected chi connectivity index (χ1v) is 10.7. The van der Waals surface area contributed by atoms with Crippen LogP contribution in [-0.4, -0.2) is 18.3 Å². The standard InChI is InChI=1S/C26H26F2O3/c1-2-3-4-13-30-24-12-7-18(14-23(24)28)26-21-11-10-20(29)15-25(21)31-16-22(26)17-5-8-19(27)9-6-17/h5-12,14-15,22,26,29H,2-4,13,16H2,1H3/t22?,26-/m1/s1. The van der Waals surface area contributed by atoms with Gasteiger partial charge in [-0.05, 0) is 47.9 Å². The van der Waals surface area contributed by atoms with Crippen molar-refractivity contribution in [2.75, 3.05) is 13.2 Å². The number of hydrogen-bond acceptors (Lipinski definition) is 3. The van der Waals surface area contributed by atoms with Crippen LogP contribution in [0.4, 0.5) is 8.78 Å². The van der Waals surface area contributed by atoms with E-state index in [1.165, 1.54) is 18.2 Å². The van der Waals surface area contributed by atoms with Crippen LogP contribution < -0.4 is 9.47 Å². The van der Waals surface area contributed by atoms with Gasteiger partial charge in [-0.2, -0.15) is 0 Å². The molecule has 1 aliphatic heterocycles. The van der Waals surface area contributed by atoms with Crippen LogP contribution in [0.5, 0.6) is 17.2 Å². The predicted molar refractivity (Wildman–Crippen MR) is 116 cm³/mol. The summed E-state index contributed by atoms with van der Waals surface area (Å²) in [7, 11) is 0. The van der Waals surface area contributed by atoms with Crippen LogP contribution in [0.3, 0.4) is 0 Å². The van der Waals surface area contributed by atoms with E-state index in [1.54, 1.807) is 36.4 Å². The maximum Gasteiger partial charge on any atom is 0.165 e. The largest absolute Gasteiger partial charge is 0.508 e. The van der Waals surface area contributed by atoms with E-state index in [9.17, 15) is 13.9 Å². The summed E-state index contributed by atoms with van der Waals surface area (Å²) in [6.45, 7) is 2.93. The Balaban J connectivity index is 1.69. The topological polar surface area (TPSA) is 38.7 Å². The minimum Gasteiger partial charge on any atom is -0.508 e. The highest BCUT2D eigenvalue weighted by molar-refractivity contribution is 5.51. The van der Waals surface area contributed by atoms with Gasteiger partial charge in [0.1, 0.15) is 17.3 Å². The van der Waals surface area contributed by atoms with E-state index in [1.807, 2.05) is 6.07 Å². The highest BCUT2D eigenvalue weighted by Gasteiger charge is 2.34. The SMILES string of the molecule is CCCCCOc1ccc([C@@H]2c3ccc(O)cc3OCC2c2ccc(F)cc2)cc1F. The molecule has 0 saturated heterocycles. The number of ether oxygens (including phenoxy) is 2. The minimum atomic E-state index is -0.404. The van der Waals surface area contributed by atoms with Gasteiger partial charge in [0.05, 0.1) is 13.2 Å². The van der Waals surface area contributed by atoms with E-state index >= 15 is 0 Å². The second-order valence-electron chi connectivity index (χ2n) is 7.91. The molecule has 0 radical (unpaired) electrons. The number of unbranched alkanes of at least 4 members (excludes halogenated alkanes) is 2.